The van der Waals surface area contributed by atoms with Crippen molar-refractivity contribution < 1.29 is 0 Å². The van der Waals surface area contributed by atoms with Crippen LogP contribution in [0.5, 0.6) is 0 Å². The molecule has 0 unspecified atom stereocenters. The molecule has 64 valence electrons. The Morgan fingerprint density at radius 1 is 1.23 bits per heavy atom. The van der Waals surface area contributed by atoms with Gasteiger partial charge in [-0.05, 0) is 12.1 Å². The highest BCUT2D eigenvalue weighted by Crippen LogP contribution is 2.27. The second kappa shape index (κ2) is 2.33. The van der Waals surface area contributed by atoms with E-state index in [0.29, 0.717) is 0 Å². The Balaban J connectivity index is 2.18. The van der Waals surface area contributed by atoms with Crippen LogP contribution in [0.2, 0.25) is 0 Å². The van der Waals surface area contributed by atoms with E-state index in [0.717, 1.165) is 24.5 Å². The first-order valence-corrected chi connectivity index (χ1v) is 4.32. The molecule has 3 rings (SSSR count). The average molecular weight is 171 g/mol. The summed E-state index contributed by atoms with van der Waals surface area (Å²) in [6, 6.07) is 9.98. The Labute approximate surface area is 76.8 Å². The van der Waals surface area contributed by atoms with Gasteiger partial charge < -0.3 is 16.0 Å². The maximum atomic E-state index is 3.32. The van der Waals surface area contributed by atoms with E-state index in [1.807, 2.05) is 12.1 Å². The summed E-state index contributed by atoms with van der Waals surface area (Å²) < 4.78 is 0. The molecule has 0 bridgehead atoms. The van der Waals surface area contributed by atoms with Crippen LogP contribution in [0, 0.1) is 12.1 Å². The molecule has 0 amide bonds. The summed E-state index contributed by atoms with van der Waals surface area (Å²) in [4.78, 5) is 0. The van der Waals surface area contributed by atoms with Crippen LogP contribution in [0.1, 0.15) is 5.56 Å². The Morgan fingerprint density at radius 2 is 2.23 bits per heavy atom. The predicted molar refractivity (Wildman–Crippen MR) is 50.7 cm³/mol. The highest BCUT2D eigenvalue weighted by atomic mass is 15.2. The quantitative estimate of drug-likeness (QED) is 0.533. The van der Waals surface area contributed by atoms with E-state index in [2.05, 4.69) is 28.1 Å². The molecule has 0 aromatic heterocycles. The molecule has 3 nitrogen and oxygen atoms in total. The molecular formula is C10H9N3. The number of hydrogen-bond acceptors (Lipinski definition) is 3. The molecule has 1 aromatic rings. The number of fused-ring (bicyclic) bond motifs is 2. The fourth-order valence-corrected chi connectivity index (χ4v) is 1.74. The minimum Gasteiger partial charge on any atom is -0.378 e. The largest absolute Gasteiger partial charge is 0.378 e. The molecule has 3 N–H and O–H groups in total. The topological polar surface area (TPSA) is 36.1 Å². The molecule has 0 radical (unpaired) electrons. The molecule has 3 heteroatoms. The minimum absolute atomic E-state index is 0.814. The highest BCUT2D eigenvalue weighted by molar-refractivity contribution is 5.80. The van der Waals surface area contributed by atoms with E-state index in [4.69, 9.17) is 0 Å². The molecule has 13 heavy (non-hydrogen) atoms. The van der Waals surface area contributed by atoms with Crippen LogP contribution in [0.15, 0.2) is 17.8 Å². The SMILES string of the molecule is c1ccc2c(c#1)C1=C(CN2)NCN1. The molecule has 2 heterocycles. The predicted octanol–water partition coefficient (Wildman–Crippen LogP) is 0.531. The van der Waals surface area contributed by atoms with Crippen LogP contribution in [-0.2, 0) is 0 Å². The third kappa shape index (κ3) is 0.858. The van der Waals surface area contributed by atoms with Crippen molar-refractivity contribution in [3.63, 3.8) is 0 Å². The molecule has 0 fully saturated rings. The zero-order valence-electron chi connectivity index (χ0n) is 7.07. The summed E-state index contributed by atoms with van der Waals surface area (Å²) in [6.07, 6.45) is 0. The van der Waals surface area contributed by atoms with Gasteiger partial charge >= 0.3 is 0 Å². The van der Waals surface area contributed by atoms with Crippen LogP contribution in [0.25, 0.3) is 5.70 Å². The zero-order valence-corrected chi connectivity index (χ0v) is 7.07. The lowest BCUT2D eigenvalue weighted by atomic mass is 10.1. The van der Waals surface area contributed by atoms with Gasteiger partial charge in [-0.2, -0.15) is 0 Å². The van der Waals surface area contributed by atoms with Gasteiger partial charge in [0.05, 0.1) is 35.9 Å². The van der Waals surface area contributed by atoms with E-state index >= 15 is 0 Å². The summed E-state index contributed by atoms with van der Waals surface area (Å²) in [5.41, 5.74) is 4.62. The summed E-state index contributed by atoms with van der Waals surface area (Å²) in [5, 5.41) is 9.89. The second-order valence-electron chi connectivity index (χ2n) is 3.13. The number of nitrogens with one attached hydrogen (secondary N) is 3. The van der Waals surface area contributed by atoms with Crippen molar-refractivity contribution in [3.05, 3.63) is 35.5 Å². The van der Waals surface area contributed by atoms with Gasteiger partial charge in [0.1, 0.15) is 0 Å². The van der Waals surface area contributed by atoms with Crippen LogP contribution in [0.3, 0.4) is 0 Å². The molecule has 0 saturated heterocycles. The molecule has 2 aliphatic rings. The molecule has 0 atom stereocenters. The number of hydrogen-bond donors (Lipinski definition) is 3. The summed E-state index contributed by atoms with van der Waals surface area (Å²) >= 11 is 0. The van der Waals surface area contributed by atoms with Gasteiger partial charge in [-0.3, -0.25) is 0 Å². The van der Waals surface area contributed by atoms with E-state index in [9.17, 15) is 0 Å². The van der Waals surface area contributed by atoms with Gasteiger partial charge in [0.2, 0.25) is 0 Å². The van der Waals surface area contributed by atoms with E-state index < -0.39 is 0 Å². The molecule has 0 saturated carbocycles. The monoisotopic (exact) mass is 171 g/mol. The fraction of sp³-hybridized carbons (Fsp3) is 0.200. The number of rotatable bonds is 0. The van der Waals surface area contributed by atoms with Gasteiger partial charge in [-0.15, -0.1) is 0 Å². The van der Waals surface area contributed by atoms with Crippen molar-refractivity contribution in [2.75, 3.05) is 18.5 Å². The Bertz CT molecular complexity index is 382. The Hall–Kier alpha value is -1.82. The first kappa shape index (κ1) is 6.67. The maximum Gasteiger partial charge on any atom is 0.0849 e. The van der Waals surface area contributed by atoms with Crippen LogP contribution < -0.4 is 16.0 Å². The molecular weight excluding hydrogens is 162 g/mol. The standard InChI is InChI=1S/C10H9N3/c1-2-4-8-7(3-1)10-9(5-11-8)12-6-13-10/h2,4,11-13H,5-6H2. The van der Waals surface area contributed by atoms with E-state index in [-0.39, 0.29) is 0 Å². The van der Waals surface area contributed by atoms with Crippen LogP contribution >= 0.6 is 0 Å². The second-order valence-corrected chi connectivity index (χ2v) is 3.13. The normalized spacial score (nSPS) is 17.5. The first-order chi connectivity index (χ1) is 6.45. The van der Waals surface area contributed by atoms with Crippen molar-refractivity contribution in [2.45, 2.75) is 0 Å². The van der Waals surface area contributed by atoms with Gasteiger partial charge in [-0.25, -0.2) is 0 Å². The van der Waals surface area contributed by atoms with E-state index in [1.165, 1.54) is 11.4 Å². The number of anilines is 1. The minimum atomic E-state index is 0.814. The molecule has 0 aliphatic carbocycles. The van der Waals surface area contributed by atoms with Crippen LogP contribution in [-0.4, -0.2) is 13.2 Å². The third-order valence-corrected chi connectivity index (χ3v) is 2.37. The van der Waals surface area contributed by atoms with Crippen molar-refractivity contribution in [1.29, 1.82) is 0 Å². The molecule has 0 spiro atoms. The van der Waals surface area contributed by atoms with Crippen molar-refractivity contribution in [2.24, 2.45) is 0 Å². The Kier molecular flexibility index (Phi) is 1.20. The summed E-state index contributed by atoms with van der Waals surface area (Å²) in [5.74, 6) is 0. The van der Waals surface area contributed by atoms with Gasteiger partial charge in [-0.1, -0.05) is 12.1 Å². The lowest BCUT2D eigenvalue weighted by Crippen LogP contribution is -2.19. The zero-order chi connectivity index (χ0) is 8.67. The fourth-order valence-electron chi connectivity index (χ4n) is 1.74. The van der Waals surface area contributed by atoms with Crippen molar-refractivity contribution >= 4 is 11.4 Å². The third-order valence-electron chi connectivity index (χ3n) is 2.37. The molecule has 1 aromatic carbocycles. The lowest BCUT2D eigenvalue weighted by Gasteiger charge is -2.17. The van der Waals surface area contributed by atoms with Crippen LogP contribution in [0.4, 0.5) is 5.69 Å². The van der Waals surface area contributed by atoms with Crippen molar-refractivity contribution in [1.82, 2.24) is 10.6 Å². The average Bonchev–Trinajstić information content (AvgIpc) is 2.65. The summed E-state index contributed by atoms with van der Waals surface area (Å²) in [6.45, 7) is 1.68. The summed E-state index contributed by atoms with van der Waals surface area (Å²) in [7, 11) is 0. The van der Waals surface area contributed by atoms with Gasteiger partial charge in [0.25, 0.3) is 0 Å². The van der Waals surface area contributed by atoms with Crippen molar-refractivity contribution in [3.8, 4) is 0 Å². The molecule has 2 aliphatic heterocycles. The first-order valence-electron chi connectivity index (χ1n) is 4.32. The van der Waals surface area contributed by atoms with Gasteiger partial charge in [0.15, 0.2) is 0 Å². The highest BCUT2D eigenvalue weighted by Gasteiger charge is 2.21. The lowest BCUT2D eigenvalue weighted by molar-refractivity contribution is 0.811. The van der Waals surface area contributed by atoms with Gasteiger partial charge in [0, 0.05) is 0 Å². The maximum absolute atomic E-state index is 3.32. The Morgan fingerprint density at radius 3 is 3.23 bits per heavy atom. The smallest absolute Gasteiger partial charge is 0.0849 e. The van der Waals surface area contributed by atoms with E-state index in [1.54, 1.807) is 0 Å².